The number of nitrogens with two attached hydrogens (primary N) is 1. The number of ether oxygens (including phenoxy) is 1. The van der Waals surface area contributed by atoms with Crippen LogP contribution >= 0.6 is 0 Å². The zero-order valence-electron chi connectivity index (χ0n) is 17.0. The number of pyridine rings is 1. The molecule has 0 bridgehead atoms. The minimum Gasteiger partial charge on any atom is -0.491 e. The summed E-state index contributed by atoms with van der Waals surface area (Å²) in [5.41, 5.74) is 10.5. The summed E-state index contributed by atoms with van der Waals surface area (Å²) >= 11 is 0. The van der Waals surface area contributed by atoms with Gasteiger partial charge in [0.2, 0.25) is 0 Å². The normalized spacial score (nSPS) is 16.8. The first kappa shape index (κ1) is 19.2. The highest BCUT2D eigenvalue weighted by Gasteiger charge is 2.28. The molecular formula is C24H27N3O2. The summed E-state index contributed by atoms with van der Waals surface area (Å²) in [6.45, 7) is 5.15. The first-order chi connectivity index (χ1) is 14.0. The fourth-order valence-electron chi connectivity index (χ4n) is 4.11. The molecule has 1 aromatic heterocycles. The number of aryl methyl sites for hydroxylation is 2. The lowest BCUT2D eigenvalue weighted by molar-refractivity contribution is 0.0529. The van der Waals surface area contributed by atoms with E-state index in [0.29, 0.717) is 12.3 Å². The van der Waals surface area contributed by atoms with Crippen LogP contribution in [0.25, 0.3) is 10.9 Å². The Kier molecular flexibility index (Phi) is 5.38. The van der Waals surface area contributed by atoms with Crippen molar-refractivity contribution in [1.82, 2.24) is 9.88 Å². The maximum absolute atomic E-state index is 13.1. The summed E-state index contributed by atoms with van der Waals surface area (Å²) < 4.78 is 6.21. The van der Waals surface area contributed by atoms with Crippen molar-refractivity contribution < 1.29 is 9.53 Å². The predicted molar refractivity (Wildman–Crippen MR) is 116 cm³/mol. The van der Waals surface area contributed by atoms with E-state index >= 15 is 0 Å². The van der Waals surface area contributed by atoms with Gasteiger partial charge in [-0.1, -0.05) is 23.8 Å². The molecule has 1 fully saturated rings. The number of likely N-dealkylation sites (tertiary alicyclic amines) is 1. The molecule has 1 aliphatic heterocycles. The minimum atomic E-state index is 0.0478. The van der Waals surface area contributed by atoms with Gasteiger partial charge < -0.3 is 15.4 Å². The molecule has 2 aromatic carbocycles. The van der Waals surface area contributed by atoms with Crippen LogP contribution in [0, 0.1) is 13.8 Å². The van der Waals surface area contributed by atoms with Crippen LogP contribution in [0.1, 0.15) is 40.9 Å². The first-order valence-corrected chi connectivity index (χ1v) is 10.2. The molecule has 1 saturated heterocycles. The van der Waals surface area contributed by atoms with Crippen molar-refractivity contribution >= 4 is 22.5 Å². The number of carbonyl (C=O) groups is 1. The summed E-state index contributed by atoms with van der Waals surface area (Å²) in [4.78, 5) is 19.6. The molecule has 1 amide bonds. The second-order valence-electron chi connectivity index (χ2n) is 7.83. The van der Waals surface area contributed by atoms with Crippen molar-refractivity contribution in [2.24, 2.45) is 0 Å². The van der Waals surface area contributed by atoms with Crippen LogP contribution in [0.2, 0.25) is 0 Å². The van der Waals surface area contributed by atoms with Crippen molar-refractivity contribution in [3.8, 4) is 5.75 Å². The van der Waals surface area contributed by atoms with Gasteiger partial charge in [-0.2, -0.15) is 0 Å². The zero-order valence-corrected chi connectivity index (χ0v) is 17.0. The summed E-state index contributed by atoms with van der Waals surface area (Å²) in [7, 11) is 0. The molecule has 2 heterocycles. The molecule has 1 unspecified atom stereocenters. The second-order valence-corrected chi connectivity index (χ2v) is 7.83. The number of piperidine rings is 1. The third-order valence-corrected chi connectivity index (χ3v) is 5.54. The minimum absolute atomic E-state index is 0.0478. The van der Waals surface area contributed by atoms with Gasteiger partial charge in [0.15, 0.2) is 0 Å². The Hall–Kier alpha value is -3.08. The van der Waals surface area contributed by atoms with Crippen LogP contribution in [0.3, 0.4) is 0 Å². The number of benzene rings is 2. The van der Waals surface area contributed by atoms with E-state index in [1.54, 1.807) is 0 Å². The molecule has 29 heavy (non-hydrogen) atoms. The summed E-state index contributed by atoms with van der Waals surface area (Å²) in [6, 6.07) is 15.5. The number of anilines is 1. The Morgan fingerprint density at radius 1 is 1.17 bits per heavy atom. The molecule has 2 N–H and O–H groups in total. The van der Waals surface area contributed by atoms with Gasteiger partial charge in [0.25, 0.3) is 5.91 Å². The SMILES string of the molecule is Cc1cccc(C(=O)N2CCCCC2COc2cccc3nc(C)cc(N)c23)c1. The third-order valence-electron chi connectivity index (χ3n) is 5.54. The monoisotopic (exact) mass is 389 g/mol. The fraction of sp³-hybridized carbons (Fsp3) is 0.333. The Bertz CT molecular complexity index is 1050. The lowest BCUT2D eigenvalue weighted by Crippen LogP contribution is -2.46. The smallest absolute Gasteiger partial charge is 0.254 e. The van der Waals surface area contributed by atoms with Gasteiger partial charge in [0.1, 0.15) is 12.4 Å². The second kappa shape index (κ2) is 8.11. The molecule has 5 nitrogen and oxygen atoms in total. The summed E-state index contributed by atoms with van der Waals surface area (Å²) in [5.74, 6) is 0.803. The van der Waals surface area contributed by atoms with E-state index in [-0.39, 0.29) is 11.9 Å². The largest absolute Gasteiger partial charge is 0.491 e. The van der Waals surface area contributed by atoms with E-state index in [0.717, 1.165) is 59.3 Å². The fourth-order valence-corrected chi connectivity index (χ4v) is 4.11. The van der Waals surface area contributed by atoms with Gasteiger partial charge >= 0.3 is 0 Å². The van der Waals surface area contributed by atoms with E-state index in [1.165, 1.54) is 0 Å². The van der Waals surface area contributed by atoms with Crippen LogP contribution in [-0.4, -0.2) is 35.0 Å². The van der Waals surface area contributed by atoms with Crippen molar-refractivity contribution in [1.29, 1.82) is 0 Å². The maximum atomic E-state index is 13.1. The quantitative estimate of drug-likeness (QED) is 0.713. The molecule has 5 heteroatoms. The van der Waals surface area contributed by atoms with Crippen LogP contribution in [0.5, 0.6) is 5.75 Å². The lowest BCUT2D eigenvalue weighted by atomic mass is 10.0. The Morgan fingerprint density at radius 2 is 2.00 bits per heavy atom. The number of hydrogen-bond donors (Lipinski definition) is 1. The van der Waals surface area contributed by atoms with Gasteiger partial charge in [-0.25, -0.2) is 0 Å². The molecular weight excluding hydrogens is 362 g/mol. The molecule has 3 aromatic rings. The number of nitrogen functional groups attached to an aromatic ring is 1. The Labute approximate surface area is 171 Å². The zero-order chi connectivity index (χ0) is 20.4. The topological polar surface area (TPSA) is 68.5 Å². The van der Waals surface area contributed by atoms with E-state index in [1.807, 2.05) is 67.3 Å². The van der Waals surface area contributed by atoms with Gasteiger partial charge in [-0.05, 0) is 63.4 Å². The van der Waals surface area contributed by atoms with Crippen molar-refractivity contribution in [3.05, 3.63) is 65.4 Å². The number of nitrogens with zero attached hydrogens (tertiary/aromatic N) is 2. The molecule has 1 atom stereocenters. The lowest BCUT2D eigenvalue weighted by Gasteiger charge is -2.35. The predicted octanol–water partition coefficient (Wildman–Crippen LogP) is 4.51. The standard InChI is InChI=1S/C24H27N3O2/c1-16-7-5-8-18(13-16)24(28)27-12-4-3-9-19(27)15-29-22-11-6-10-21-23(22)20(25)14-17(2)26-21/h5-8,10-11,13-14,19H,3-4,9,12,15H2,1-2H3,(H2,25,26). The van der Waals surface area contributed by atoms with Crippen molar-refractivity contribution in [2.75, 3.05) is 18.9 Å². The Morgan fingerprint density at radius 3 is 2.83 bits per heavy atom. The molecule has 0 spiro atoms. The van der Waals surface area contributed by atoms with Gasteiger partial charge in [-0.15, -0.1) is 0 Å². The highest BCUT2D eigenvalue weighted by atomic mass is 16.5. The van der Waals surface area contributed by atoms with E-state index in [9.17, 15) is 4.79 Å². The van der Waals surface area contributed by atoms with Gasteiger partial charge in [0, 0.05) is 23.5 Å². The molecule has 150 valence electrons. The molecule has 0 aliphatic carbocycles. The van der Waals surface area contributed by atoms with E-state index < -0.39 is 0 Å². The number of amides is 1. The average molecular weight is 389 g/mol. The van der Waals surface area contributed by atoms with Crippen LogP contribution < -0.4 is 10.5 Å². The molecule has 1 aliphatic rings. The van der Waals surface area contributed by atoms with Gasteiger partial charge in [-0.3, -0.25) is 9.78 Å². The average Bonchev–Trinajstić information content (AvgIpc) is 2.71. The van der Waals surface area contributed by atoms with Crippen LogP contribution in [0.4, 0.5) is 5.69 Å². The third kappa shape index (κ3) is 4.04. The number of aromatic nitrogens is 1. The van der Waals surface area contributed by atoms with Crippen LogP contribution in [0.15, 0.2) is 48.5 Å². The van der Waals surface area contributed by atoms with Gasteiger partial charge in [0.05, 0.1) is 16.9 Å². The number of fused-ring (bicyclic) bond motifs is 1. The van der Waals surface area contributed by atoms with Crippen molar-refractivity contribution in [2.45, 2.75) is 39.2 Å². The number of hydrogen-bond acceptors (Lipinski definition) is 4. The number of rotatable bonds is 4. The Balaban J connectivity index is 1.55. The molecule has 0 radical (unpaired) electrons. The highest BCUT2D eigenvalue weighted by molar-refractivity contribution is 5.96. The van der Waals surface area contributed by atoms with E-state index in [2.05, 4.69) is 4.98 Å². The van der Waals surface area contributed by atoms with Crippen LogP contribution in [-0.2, 0) is 0 Å². The molecule has 4 rings (SSSR count). The van der Waals surface area contributed by atoms with E-state index in [4.69, 9.17) is 10.5 Å². The summed E-state index contributed by atoms with van der Waals surface area (Å²) in [5, 5.41) is 0.838. The van der Waals surface area contributed by atoms with Crippen molar-refractivity contribution in [3.63, 3.8) is 0 Å². The molecule has 0 saturated carbocycles. The first-order valence-electron chi connectivity index (χ1n) is 10.2. The summed E-state index contributed by atoms with van der Waals surface area (Å²) in [6.07, 6.45) is 3.07. The highest BCUT2D eigenvalue weighted by Crippen LogP contribution is 2.31. The number of carbonyl (C=O) groups excluding carboxylic acids is 1. The maximum Gasteiger partial charge on any atom is 0.254 e.